The minimum atomic E-state index is -0.916. The number of likely N-dealkylation sites (tertiary alicyclic amines) is 1. The van der Waals surface area contributed by atoms with Crippen molar-refractivity contribution in [2.45, 2.75) is 24.4 Å². The van der Waals surface area contributed by atoms with Crippen LogP contribution in [0.4, 0.5) is 4.79 Å². The van der Waals surface area contributed by atoms with Crippen molar-refractivity contribution in [3.05, 3.63) is 18.0 Å². The number of rotatable bonds is 1. The molecule has 16 heavy (non-hydrogen) atoms. The monoisotopic (exact) mass is 222 g/mol. The lowest BCUT2D eigenvalue weighted by Gasteiger charge is -2.39. The minimum absolute atomic E-state index is 0.281. The number of hydrogen-bond acceptors (Lipinski definition) is 3. The van der Waals surface area contributed by atoms with Crippen LogP contribution in [0, 0.1) is 5.92 Å². The van der Waals surface area contributed by atoms with Crippen molar-refractivity contribution in [2.75, 3.05) is 6.54 Å². The van der Waals surface area contributed by atoms with Gasteiger partial charge in [-0.1, -0.05) is 0 Å². The molecule has 2 aliphatic rings. The molecular weight excluding hydrogens is 208 g/mol. The first-order chi connectivity index (χ1) is 7.50. The molecule has 3 rings (SSSR count). The Morgan fingerprint density at radius 1 is 1.81 bits per heavy atom. The number of amides is 1. The molecule has 0 radical (unpaired) electrons. The number of carboxylic acid groups (broad SMARTS) is 1. The van der Waals surface area contributed by atoms with Gasteiger partial charge in [-0.25, -0.2) is 4.79 Å². The van der Waals surface area contributed by atoms with Crippen molar-refractivity contribution in [3.63, 3.8) is 0 Å². The highest BCUT2D eigenvalue weighted by Gasteiger charge is 2.72. The SMILES string of the molecule is CC1(c2cn[nH]c2)N(C(=O)O)CC2CC21N. The lowest BCUT2D eigenvalue weighted by molar-refractivity contribution is 0.0872. The highest BCUT2D eigenvalue weighted by atomic mass is 16.4. The fourth-order valence-corrected chi connectivity index (χ4v) is 3.04. The fourth-order valence-electron chi connectivity index (χ4n) is 3.04. The van der Waals surface area contributed by atoms with Crippen LogP contribution in [0.2, 0.25) is 0 Å². The number of aromatic nitrogens is 2. The summed E-state index contributed by atoms with van der Waals surface area (Å²) in [6.07, 6.45) is 3.36. The molecule has 0 spiro atoms. The zero-order valence-electron chi connectivity index (χ0n) is 8.97. The number of nitrogens with two attached hydrogens (primary N) is 1. The van der Waals surface area contributed by atoms with Crippen molar-refractivity contribution in [2.24, 2.45) is 11.7 Å². The molecule has 6 nitrogen and oxygen atoms in total. The van der Waals surface area contributed by atoms with Gasteiger partial charge in [0.2, 0.25) is 0 Å². The Morgan fingerprint density at radius 2 is 2.56 bits per heavy atom. The molecule has 1 aromatic rings. The van der Waals surface area contributed by atoms with E-state index in [0.29, 0.717) is 6.54 Å². The summed E-state index contributed by atoms with van der Waals surface area (Å²) < 4.78 is 0. The van der Waals surface area contributed by atoms with Gasteiger partial charge in [0.1, 0.15) is 0 Å². The van der Waals surface area contributed by atoms with Gasteiger partial charge in [0.05, 0.1) is 11.7 Å². The maximum Gasteiger partial charge on any atom is 0.408 e. The van der Waals surface area contributed by atoms with Crippen LogP contribution < -0.4 is 5.73 Å². The highest BCUT2D eigenvalue weighted by Crippen LogP contribution is 2.61. The first-order valence-electron chi connectivity index (χ1n) is 5.29. The average Bonchev–Trinajstić information content (AvgIpc) is 2.68. The largest absolute Gasteiger partial charge is 0.465 e. The first kappa shape index (κ1) is 9.65. The van der Waals surface area contributed by atoms with E-state index in [1.54, 1.807) is 12.4 Å². The maximum atomic E-state index is 11.3. The molecule has 1 saturated carbocycles. The Labute approximate surface area is 92.4 Å². The van der Waals surface area contributed by atoms with E-state index in [1.807, 2.05) is 6.92 Å². The lowest BCUT2D eigenvalue weighted by atomic mass is 9.84. The molecule has 1 aliphatic carbocycles. The van der Waals surface area contributed by atoms with Gasteiger partial charge < -0.3 is 10.8 Å². The lowest BCUT2D eigenvalue weighted by Crippen LogP contribution is -2.54. The summed E-state index contributed by atoms with van der Waals surface area (Å²) in [5.74, 6) is 0.281. The molecule has 1 aromatic heterocycles. The van der Waals surface area contributed by atoms with E-state index in [0.717, 1.165) is 12.0 Å². The number of nitrogens with zero attached hydrogens (tertiary/aromatic N) is 2. The standard InChI is InChI=1S/C10H14N4O2/c1-9(7-3-12-13-4-7)10(11)2-6(10)5-14(9)8(15)16/h3-4,6H,2,5,11H2,1H3,(H,12,13)(H,15,16). The number of aromatic amines is 1. The van der Waals surface area contributed by atoms with Crippen LogP contribution in [0.25, 0.3) is 0 Å². The van der Waals surface area contributed by atoms with Crippen LogP contribution in [0.3, 0.4) is 0 Å². The second-order valence-corrected chi connectivity index (χ2v) is 4.89. The van der Waals surface area contributed by atoms with Crippen LogP contribution in [-0.2, 0) is 5.54 Å². The number of piperidine rings is 1. The molecule has 2 heterocycles. The number of nitrogens with one attached hydrogen (secondary N) is 1. The van der Waals surface area contributed by atoms with Gasteiger partial charge in [-0.15, -0.1) is 0 Å². The summed E-state index contributed by atoms with van der Waals surface area (Å²) in [4.78, 5) is 12.7. The quantitative estimate of drug-likeness (QED) is 0.638. The van der Waals surface area contributed by atoms with Crippen molar-refractivity contribution < 1.29 is 9.90 Å². The Morgan fingerprint density at radius 3 is 3.12 bits per heavy atom. The first-order valence-corrected chi connectivity index (χ1v) is 5.29. The van der Waals surface area contributed by atoms with E-state index in [1.165, 1.54) is 4.90 Å². The van der Waals surface area contributed by atoms with Gasteiger partial charge in [-0.2, -0.15) is 5.10 Å². The zero-order chi connectivity index (χ0) is 11.6. The molecule has 86 valence electrons. The van der Waals surface area contributed by atoms with Crippen LogP contribution in [-0.4, -0.2) is 38.4 Å². The van der Waals surface area contributed by atoms with E-state index < -0.39 is 17.2 Å². The Bertz CT molecular complexity index is 446. The second kappa shape index (κ2) is 2.57. The van der Waals surface area contributed by atoms with Crippen LogP contribution in [0.5, 0.6) is 0 Å². The smallest absolute Gasteiger partial charge is 0.408 e. The molecule has 4 N–H and O–H groups in total. The zero-order valence-corrected chi connectivity index (χ0v) is 8.97. The van der Waals surface area contributed by atoms with Gasteiger partial charge in [0, 0.05) is 23.8 Å². The number of fused-ring (bicyclic) bond motifs is 1. The van der Waals surface area contributed by atoms with Crippen molar-refractivity contribution in [1.82, 2.24) is 15.1 Å². The van der Waals surface area contributed by atoms with Gasteiger partial charge >= 0.3 is 6.09 Å². The molecule has 1 amide bonds. The summed E-state index contributed by atoms with van der Waals surface area (Å²) >= 11 is 0. The second-order valence-electron chi connectivity index (χ2n) is 4.89. The molecule has 0 bridgehead atoms. The third-order valence-electron chi connectivity index (χ3n) is 4.29. The summed E-state index contributed by atoms with van der Waals surface area (Å²) in [7, 11) is 0. The maximum absolute atomic E-state index is 11.3. The molecule has 1 saturated heterocycles. The molecule has 0 aromatic carbocycles. The minimum Gasteiger partial charge on any atom is -0.465 e. The molecular formula is C10H14N4O2. The predicted molar refractivity (Wildman–Crippen MR) is 55.7 cm³/mol. The number of hydrogen-bond donors (Lipinski definition) is 3. The van der Waals surface area contributed by atoms with E-state index in [2.05, 4.69) is 10.2 Å². The van der Waals surface area contributed by atoms with Crippen molar-refractivity contribution in [3.8, 4) is 0 Å². The summed E-state index contributed by atoms with van der Waals surface area (Å²) in [5, 5.41) is 15.9. The van der Waals surface area contributed by atoms with Crippen LogP contribution in [0.15, 0.2) is 12.4 Å². The average molecular weight is 222 g/mol. The highest BCUT2D eigenvalue weighted by molar-refractivity contribution is 5.69. The van der Waals surface area contributed by atoms with E-state index in [4.69, 9.17) is 5.73 Å². The van der Waals surface area contributed by atoms with E-state index in [-0.39, 0.29) is 5.92 Å². The fraction of sp³-hybridized carbons (Fsp3) is 0.600. The topological polar surface area (TPSA) is 95.2 Å². The van der Waals surface area contributed by atoms with Gasteiger partial charge in [0.15, 0.2) is 0 Å². The molecule has 3 unspecified atom stereocenters. The van der Waals surface area contributed by atoms with E-state index >= 15 is 0 Å². The Kier molecular flexibility index (Phi) is 1.55. The van der Waals surface area contributed by atoms with Gasteiger partial charge in [-0.05, 0) is 19.3 Å². The van der Waals surface area contributed by atoms with E-state index in [9.17, 15) is 9.90 Å². The normalized spacial score (nSPS) is 40.9. The predicted octanol–water partition coefficient (Wildman–Crippen LogP) is 0.336. The summed E-state index contributed by atoms with van der Waals surface area (Å²) in [6.45, 7) is 2.41. The summed E-state index contributed by atoms with van der Waals surface area (Å²) in [6, 6.07) is 0. The third kappa shape index (κ3) is 0.863. The third-order valence-corrected chi connectivity index (χ3v) is 4.29. The van der Waals surface area contributed by atoms with Gasteiger partial charge in [-0.3, -0.25) is 10.00 Å². The molecule has 3 atom stereocenters. The van der Waals surface area contributed by atoms with Crippen molar-refractivity contribution in [1.29, 1.82) is 0 Å². The van der Waals surface area contributed by atoms with Crippen LogP contribution >= 0.6 is 0 Å². The van der Waals surface area contributed by atoms with Gasteiger partial charge in [0.25, 0.3) is 0 Å². The molecule has 6 heteroatoms. The Balaban J connectivity index is 2.11. The Hall–Kier alpha value is -1.56. The van der Waals surface area contributed by atoms with Crippen molar-refractivity contribution >= 4 is 6.09 Å². The molecule has 1 aliphatic heterocycles. The number of carbonyl (C=O) groups is 1. The molecule has 2 fully saturated rings. The number of H-pyrrole nitrogens is 1. The van der Waals surface area contributed by atoms with Crippen LogP contribution in [0.1, 0.15) is 18.9 Å². The summed E-state index contributed by atoms with van der Waals surface area (Å²) in [5.41, 5.74) is 6.07.